The van der Waals surface area contributed by atoms with Gasteiger partial charge in [0, 0.05) is 33.4 Å². The summed E-state index contributed by atoms with van der Waals surface area (Å²) in [5.74, 6) is 1.33. The van der Waals surface area contributed by atoms with Crippen LogP contribution in [0.2, 0.25) is 0 Å². The number of nitrogens with zero attached hydrogens (tertiary/aromatic N) is 2. The Bertz CT molecular complexity index is 952. The van der Waals surface area contributed by atoms with E-state index in [0.29, 0.717) is 19.0 Å². The molecule has 1 saturated carbocycles. The Kier molecular flexibility index (Phi) is 6.57. The fourth-order valence-corrected chi connectivity index (χ4v) is 6.15. The lowest BCUT2D eigenvalue weighted by Gasteiger charge is -2.44. The topological polar surface area (TPSA) is 88.8 Å². The molecule has 0 bridgehead atoms. The highest BCUT2D eigenvalue weighted by Crippen LogP contribution is 2.59. The minimum absolute atomic E-state index is 0.0410. The van der Waals surface area contributed by atoms with E-state index in [1.54, 1.807) is 12.0 Å². The standard InChI is InChI=1S/C27H39N3O5/c1-17(2)6-8-21-26(3,35-21)24-23(32-5)20(10-11-27(24)16-33-27)34-25(31)30-14-19(15-30)12-18-7-9-22(28-4)29-13-18/h6-7,9,13,19-21,23-24H,8,10-12,14-16H2,1-5H3,(H,28,29)/t20-,21-,23-,24?,26+,27+/m1/s1. The number of rotatable bonds is 8. The first-order valence-electron chi connectivity index (χ1n) is 12.8. The van der Waals surface area contributed by atoms with E-state index in [2.05, 4.69) is 43.2 Å². The number of epoxide rings is 2. The van der Waals surface area contributed by atoms with Gasteiger partial charge in [-0.15, -0.1) is 0 Å². The summed E-state index contributed by atoms with van der Waals surface area (Å²) < 4.78 is 24.3. The summed E-state index contributed by atoms with van der Waals surface area (Å²) >= 11 is 0. The number of hydrogen-bond donors (Lipinski definition) is 1. The van der Waals surface area contributed by atoms with Crippen molar-refractivity contribution in [2.45, 2.75) is 76.0 Å². The summed E-state index contributed by atoms with van der Waals surface area (Å²) in [5.41, 5.74) is 1.94. The third-order valence-electron chi connectivity index (χ3n) is 8.31. The average molecular weight is 486 g/mol. The first kappa shape index (κ1) is 24.5. The van der Waals surface area contributed by atoms with Crippen LogP contribution in [0, 0.1) is 11.8 Å². The molecule has 1 aromatic rings. The van der Waals surface area contributed by atoms with E-state index >= 15 is 0 Å². The van der Waals surface area contributed by atoms with Gasteiger partial charge in [0.2, 0.25) is 0 Å². The van der Waals surface area contributed by atoms with Crippen molar-refractivity contribution in [1.29, 1.82) is 0 Å². The lowest BCUT2D eigenvalue weighted by atomic mass is 9.68. The van der Waals surface area contributed by atoms with Gasteiger partial charge in [-0.05, 0) is 64.0 Å². The predicted molar refractivity (Wildman–Crippen MR) is 132 cm³/mol. The van der Waals surface area contributed by atoms with Crippen molar-refractivity contribution in [1.82, 2.24) is 9.88 Å². The van der Waals surface area contributed by atoms with Gasteiger partial charge in [-0.3, -0.25) is 0 Å². The molecule has 1 aromatic heterocycles. The molecular weight excluding hydrogens is 446 g/mol. The van der Waals surface area contributed by atoms with Crippen LogP contribution in [0.15, 0.2) is 30.0 Å². The van der Waals surface area contributed by atoms with Gasteiger partial charge in [-0.1, -0.05) is 17.7 Å². The van der Waals surface area contributed by atoms with E-state index in [-0.39, 0.29) is 41.5 Å². The largest absolute Gasteiger partial charge is 0.443 e. The number of likely N-dealkylation sites (tertiary alicyclic amines) is 1. The molecule has 4 heterocycles. The summed E-state index contributed by atoms with van der Waals surface area (Å²) in [7, 11) is 3.57. The van der Waals surface area contributed by atoms with Crippen LogP contribution < -0.4 is 5.32 Å². The van der Waals surface area contributed by atoms with E-state index in [1.807, 2.05) is 19.3 Å². The SMILES string of the molecule is CNc1ccc(CC2CN(C(=O)O[C@@H]3CC[C@]4(CO4)C([C@@]4(C)O[C@@H]4CC=C(C)C)[C@@H]3OC)C2)cn1. The van der Waals surface area contributed by atoms with E-state index in [4.69, 9.17) is 18.9 Å². The second-order valence-corrected chi connectivity index (χ2v) is 11.1. The number of carbonyl (C=O) groups is 1. The van der Waals surface area contributed by atoms with Crippen LogP contribution in [-0.2, 0) is 25.4 Å². The van der Waals surface area contributed by atoms with Gasteiger partial charge in [0.05, 0.1) is 18.6 Å². The quantitative estimate of drug-likeness (QED) is 0.442. The van der Waals surface area contributed by atoms with Crippen LogP contribution in [0.5, 0.6) is 0 Å². The molecule has 3 saturated heterocycles. The molecule has 3 aliphatic heterocycles. The van der Waals surface area contributed by atoms with E-state index in [1.165, 1.54) is 11.1 Å². The fourth-order valence-electron chi connectivity index (χ4n) is 6.15. The first-order chi connectivity index (χ1) is 16.8. The number of carbonyl (C=O) groups excluding carboxylic acids is 1. The van der Waals surface area contributed by atoms with Crippen LogP contribution in [0.1, 0.15) is 45.6 Å². The van der Waals surface area contributed by atoms with Gasteiger partial charge < -0.3 is 29.2 Å². The number of nitrogens with one attached hydrogen (secondary N) is 1. The Morgan fingerprint density at radius 2 is 2.11 bits per heavy atom. The van der Waals surface area contributed by atoms with Crippen molar-refractivity contribution in [3.05, 3.63) is 35.5 Å². The number of allylic oxidation sites excluding steroid dienone is 1. The summed E-state index contributed by atoms with van der Waals surface area (Å²) in [4.78, 5) is 19.2. The average Bonchev–Trinajstić information content (AvgIpc) is 3.73. The molecule has 6 atom stereocenters. The highest BCUT2D eigenvalue weighted by molar-refractivity contribution is 5.69. The van der Waals surface area contributed by atoms with Crippen LogP contribution in [0.4, 0.5) is 10.6 Å². The van der Waals surface area contributed by atoms with E-state index in [9.17, 15) is 4.79 Å². The van der Waals surface area contributed by atoms with Gasteiger partial charge in [0.1, 0.15) is 29.2 Å². The van der Waals surface area contributed by atoms with Crippen LogP contribution >= 0.6 is 0 Å². The number of anilines is 1. The first-order valence-corrected chi connectivity index (χ1v) is 12.8. The monoisotopic (exact) mass is 485 g/mol. The minimum atomic E-state index is -0.326. The Morgan fingerprint density at radius 1 is 1.34 bits per heavy atom. The van der Waals surface area contributed by atoms with Gasteiger partial charge in [-0.25, -0.2) is 9.78 Å². The molecule has 4 aliphatic rings. The maximum atomic E-state index is 13.0. The Labute approximate surface area is 208 Å². The van der Waals surface area contributed by atoms with Crippen LogP contribution in [-0.4, -0.2) is 79.3 Å². The lowest BCUT2D eigenvalue weighted by Crippen LogP contribution is -2.57. The number of aromatic nitrogens is 1. The summed E-state index contributed by atoms with van der Waals surface area (Å²) in [6.07, 6.45) is 6.89. The lowest BCUT2D eigenvalue weighted by molar-refractivity contribution is -0.124. The number of ether oxygens (including phenoxy) is 4. The zero-order valence-electron chi connectivity index (χ0n) is 21.6. The van der Waals surface area contributed by atoms with Crippen molar-refractivity contribution in [2.24, 2.45) is 11.8 Å². The highest BCUT2D eigenvalue weighted by Gasteiger charge is 2.72. The molecule has 4 fully saturated rings. The maximum absolute atomic E-state index is 13.0. The molecule has 1 amide bonds. The normalized spacial score (nSPS) is 35.9. The van der Waals surface area contributed by atoms with Crippen molar-refractivity contribution in [3.8, 4) is 0 Å². The number of pyridine rings is 1. The van der Waals surface area contributed by atoms with Crippen LogP contribution in [0.3, 0.4) is 0 Å². The molecule has 35 heavy (non-hydrogen) atoms. The van der Waals surface area contributed by atoms with E-state index < -0.39 is 0 Å². The zero-order chi connectivity index (χ0) is 24.8. The predicted octanol–water partition coefficient (Wildman–Crippen LogP) is 3.81. The number of methoxy groups -OCH3 is 1. The second-order valence-electron chi connectivity index (χ2n) is 11.1. The summed E-state index contributed by atoms with van der Waals surface area (Å²) in [6, 6.07) is 4.07. The molecule has 1 unspecified atom stereocenters. The van der Waals surface area contributed by atoms with Gasteiger partial charge in [-0.2, -0.15) is 0 Å². The molecule has 5 rings (SSSR count). The second kappa shape index (κ2) is 9.37. The van der Waals surface area contributed by atoms with Gasteiger partial charge >= 0.3 is 6.09 Å². The summed E-state index contributed by atoms with van der Waals surface area (Å²) in [6.45, 7) is 8.52. The summed E-state index contributed by atoms with van der Waals surface area (Å²) in [5, 5.41) is 3.03. The highest BCUT2D eigenvalue weighted by atomic mass is 16.6. The molecule has 1 N–H and O–H groups in total. The van der Waals surface area contributed by atoms with Crippen molar-refractivity contribution >= 4 is 11.9 Å². The van der Waals surface area contributed by atoms with Crippen LogP contribution in [0.25, 0.3) is 0 Å². The number of hydrogen-bond acceptors (Lipinski definition) is 7. The van der Waals surface area contributed by atoms with E-state index in [0.717, 1.165) is 38.1 Å². The third-order valence-corrected chi connectivity index (χ3v) is 8.31. The van der Waals surface area contributed by atoms with Crippen molar-refractivity contribution in [3.63, 3.8) is 0 Å². The molecule has 1 aliphatic carbocycles. The molecule has 8 nitrogen and oxygen atoms in total. The molecule has 0 radical (unpaired) electrons. The van der Waals surface area contributed by atoms with Gasteiger partial charge in [0.15, 0.2) is 0 Å². The maximum Gasteiger partial charge on any atom is 0.410 e. The molecule has 192 valence electrons. The Hall–Kier alpha value is -2.16. The van der Waals surface area contributed by atoms with Crippen molar-refractivity contribution < 1.29 is 23.7 Å². The zero-order valence-corrected chi connectivity index (χ0v) is 21.6. The van der Waals surface area contributed by atoms with Crippen molar-refractivity contribution in [2.75, 3.05) is 39.2 Å². The minimum Gasteiger partial charge on any atom is -0.443 e. The Morgan fingerprint density at radius 3 is 2.71 bits per heavy atom. The molecular formula is C27H39N3O5. The molecule has 0 aromatic carbocycles. The fraction of sp³-hybridized carbons (Fsp3) is 0.704. The Balaban J connectivity index is 1.17. The van der Waals surface area contributed by atoms with Gasteiger partial charge in [0.25, 0.3) is 0 Å². The number of amides is 1. The smallest absolute Gasteiger partial charge is 0.410 e. The third kappa shape index (κ3) is 4.80. The molecule has 1 spiro atoms. The molecule has 8 heteroatoms.